The molecule has 0 saturated carbocycles. The maximum absolute atomic E-state index is 12.9. The average Bonchev–Trinajstić information content (AvgIpc) is 3.35. The van der Waals surface area contributed by atoms with E-state index in [0.29, 0.717) is 19.3 Å². The fraction of sp³-hybridized carbons (Fsp3) is 0.794. The van der Waals surface area contributed by atoms with Crippen LogP contribution in [0.1, 0.15) is 303 Å². The smallest absolute Gasteiger partial charge is 0.306 e. The van der Waals surface area contributed by atoms with Crippen molar-refractivity contribution in [3.8, 4) is 0 Å². The van der Waals surface area contributed by atoms with E-state index < -0.39 is 6.10 Å². The van der Waals surface area contributed by atoms with E-state index in [1.165, 1.54) is 180 Å². The molecule has 0 aliphatic carbocycles. The van der Waals surface area contributed by atoms with Gasteiger partial charge in [-0.3, -0.25) is 14.4 Å². The van der Waals surface area contributed by atoms with Crippen LogP contribution in [0.25, 0.3) is 0 Å². The largest absolute Gasteiger partial charge is 0.462 e. The van der Waals surface area contributed by atoms with Crippen molar-refractivity contribution in [3.05, 3.63) is 60.8 Å². The Hall–Kier alpha value is -2.89. The first-order valence-corrected chi connectivity index (χ1v) is 29.8. The van der Waals surface area contributed by atoms with Crippen molar-refractivity contribution in [1.29, 1.82) is 0 Å². The molecule has 0 N–H and O–H groups in total. The molecule has 400 valence electrons. The highest BCUT2D eigenvalue weighted by Gasteiger charge is 2.19. The summed E-state index contributed by atoms with van der Waals surface area (Å²) in [6.45, 7) is 6.60. The van der Waals surface area contributed by atoms with Crippen LogP contribution in [0.4, 0.5) is 0 Å². The van der Waals surface area contributed by atoms with E-state index in [2.05, 4.69) is 81.5 Å². The summed E-state index contributed by atoms with van der Waals surface area (Å²) >= 11 is 0. The Morgan fingerprint density at radius 3 is 0.841 bits per heavy atom. The van der Waals surface area contributed by atoms with Gasteiger partial charge in [-0.05, 0) is 109 Å². The van der Waals surface area contributed by atoms with Crippen molar-refractivity contribution in [2.75, 3.05) is 13.2 Å². The van der Waals surface area contributed by atoms with Gasteiger partial charge in [0, 0.05) is 19.3 Å². The fourth-order valence-corrected chi connectivity index (χ4v) is 8.44. The van der Waals surface area contributed by atoms with Crippen LogP contribution >= 0.6 is 0 Å². The number of rotatable bonds is 54. The van der Waals surface area contributed by atoms with E-state index >= 15 is 0 Å². The highest BCUT2D eigenvalue weighted by atomic mass is 16.6. The summed E-state index contributed by atoms with van der Waals surface area (Å²) in [5.74, 6) is -0.889. The van der Waals surface area contributed by atoms with Crippen LogP contribution in [0, 0.1) is 0 Å². The molecule has 0 aromatic carbocycles. The maximum Gasteiger partial charge on any atom is 0.306 e. The van der Waals surface area contributed by atoms with Crippen molar-refractivity contribution in [2.24, 2.45) is 0 Å². The number of carbonyl (C=O) groups is 3. The molecule has 0 aromatic heterocycles. The molecule has 0 heterocycles. The van der Waals surface area contributed by atoms with Crippen molar-refractivity contribution < 1.29 is 28.6 Å². The van der Waals surface area contributed by atoms with E-state index in [-0.39, 0.29) is 31.1 Å². The molecule has 0 aliphatic heterocycles. The molecule has 1 atom stereocenters. The summed E-state index contributed by atoms with van der Waals surface area (Å²) in [4.78, 5) is 38.2. The number of ether oxygens (including phenoxy) is 3. The van der Waals surface area contributed by atoms with E-state index in [4.69, 9.17) is 14.2 Å². The number of hydrogen-bond donors (Lipinski definition) is 0. The summed E-state index contributed by atoms with van der Waals surface area (Å²) in [7, 11) is 0. The second-order valence-electron chi connectivity index (χ2n) is 19.9. The Balaban J connectivity index is 4.40. The highest BCUT2D eigenvalue weighted by molar-refractivity contribution is 5.71. The molecule has 0 radical (unpaired) electrons. The van der Waals surface area contributed by atoms with Gasteiger partial charge in [-0.2, -0.15) is 0 Å². The number of hydrogen-bond acceptors (Lipinski definition) is 6. The molecule has 69 heavy (non-hydrogen) atoms. The minimum atomic E-state index is -0.784. The summed E-state index contributed by atoms with van der Waals surface area (Å²) < 4.78 is 16.9. The van der Waals surface area contributed by atoms with Gasteiger partial charge in [0.1, 0.15) is 13.2 Å². The Kier molecular flexibility index (Phi) is 55.3. The van der Waals surface area contributed by atoms with Gasteiger partial charge < -0.3 is 14.2 Å². The highest BCUT2D eigenvalue weighted by Crippen LogP contribution is 2.15. The Bertz CT molecular complexity index is 1250. The fourth-order valence-electron chi connectivity index (χ4n) is 8.44. The number of allylic oxidation sites excluding steroid dienone is 10. The molecule has 0 bridgehead atoms. The predicted octanol–water partition coefficient (Wildman–Crippen LogP) is 20.0. The zero-order chi connectivity index (χ0) is 50.0. The first-order chi connectivity index (χ1) is 34.0. The van der Waals surface area contributed by atoms with Crippen molar-refractivity contribution in [2.45, 2.75) is 309 Å². The van der Waals surface area contributed by atoms with E-state index in [1.807, 2.05) is 0 Å². The quantitative estimate of drug-likeness (QED) is 0.0262. The molecule has 0 aromatic rings. The first-order valence-electron chi connectivity index (χ1n) is 29.8. The van der Waals surface area contributed by atoms with Crippen LogP contribution in [0.15, 0.2) is 60.8 Å². The van der Waals surface area contributed by atoms with Gasteiger partial charge in [0.2, 0.25) is 0 Å². The van der Waals surface area contributed by atoms with Crippen molar-refractivity contribution in [1.82, 2.24) is 0 Å². The third kappa shape index (κ3) is 55.9. The van der Waals surface area contributed by atoms with Gasteiger partial charge in [-0.25, -0.2) is 0 Å². The Labute approximate surface area is 428 Å². The predicted molar refractivity (Wildman–Crippen MR) is 298 cm³/mol. The van der Waals surface area contributed by atoms with Gasteiger partial charge in [0.25, 0.3) is 0 Å². The molecule has 0 saturated heterocycles. The normalized spacial score (nSPS) is 12.4. The van der Waals surface area contributed by atoms with Gasteiger partial charge in [0.05, 0.1) is 0 Å². The van der Waals surface area contributed by atoms with Crippen LogP contribution in [0.3, 0.4) is 0 Å². The van der Waals surface area contributed by atoms with E-state index in [9.17, 15) is 14.4 Å². The second kappa shape index (κ2) is 57.7. The second-order valence-corrected chi connectivity index (χ2v) is 19.9. The summed E-state index contributed by atoms with van der Waals surface area (Å²) in [6, 6.07) is 0. The zero-order valence-corrected chi connectivity index (χ0v) is 45.8. The lowest BCUT2D eigenvalue weighted by atomic mass is 10.1. The summed E-state index contributed by atoms with van der Waals surface area (Å²) in [5.41, 5.74) is 0. The lowest BCUT2D eigenvalue weighted by Gasteiger charge is -2.18. The lowest BCUT2D eigenvalue weighted by Crippen LogP contribution is -2.30. The number of carbonyl (C=O) groups excluding carboxylic acids is 3. The molecule has 0 fully saturated rings. The molecular formula is C63H112O6. The molecule has 0 rings (SSSR count). The lowest BCUT2D eigenvalue weighted by molar-refractivity contribution is -0.167. The van der Waals surface area contributed by atoms with Crippen LogP contribution in [-0.2, 0) is 28.6 Å². The molecule has 6 heteroatoms. The first kappa shape index (κ1) is 66.1. The van der Waals surface area contributed by atoms with Gasteiger partial charge in [-0.15, -0.1) is 0 Å². The van der Waals surface area contributed by atoms with Crippen LogP contribution in [0.5, 0.6) is 0 Å². The maximum atomic E-state index is 12.9. The van der Waals surface area contributed by atoms with Crippen LogP contribution in [0.2, 0.25) is 0 Å². The Morgan fingerprint density at radius 1 is 0.290 bits per heavy atom. The Morgan fingerprint density at radius 2 is 0.522 bits per heavy atom. The van der Waals surface area contributed by atoms with Crippen molar-refractivity contribution >= 4 is 17.9 Å². The van der Waals surface area contributed by atoms with Gasteiger partial charge >= 0.3 is 17.9 Å². The van der Waals surface area contributed by atoms with Crippen LogP contribution < -0.4 is 0 Å². The number of unbranched alkanes of at least 4 members (excludes halogenated alkanes) is 33. The molecular weight excluding hydrogens is 853 g/mol. The third-order valence-corrected chi connectivity index (χ3v) is 13.0. The molecule has 6 nitrogen and oxygen atoms in total. The van der Waals surface area contributed by atoms with Gasteiger partial charge in [-0.1, -0.05) is 236 Å². The topological polar surface area (TPSA) is 78.9 Å². The van der Waals surface area contributed by atoms with E-state index in [1.54, 1.807) is 0 Å². The monoisotopic (exact) mass is 965 g/mol. The molecule has 0 aliphatic rings. The standard InChI is InChI=1S/C63H112O6/c1-4-7-10-13-16-19-22-25-28-31-34-37-40-43-46-49-52-55-61(64)67-58-60(69-63(66)57-54-51-48-45-42-39-36-33-30-27-24-21-18-15-12-9-6-3)59-68-62(65)56-53-50-47-44-41-38-35-32-29-26-23-20-17-14-11-8-5-2/h16,18-19,21,25-30,60H,4-15,17,20,22-24,31-59H2,1-3H3/b19-16-,21-18-,28-25-,29-26-,30-27-/t60-/m0/s1. The molecule has 0 unspecified atom stereocenters. The minimum absolute atomic E-state index is 0.0812. The average molecular weight is 966 g/mol. The number of esters is 3. The molecule has 0 amide bonds. The molecule has 0 spiro atoms. The summed E-state index contributed by atoms with van der Waals surface area (Å²) in [6.07, 6.45) is 72.0. The minimum Gasteiger partial charge on any atom is -0.462 e. The SMILES string of the molecule is CCCCC/C=C\C/C=C\CCCCCCCCCC(=O)OC[C@@H](COC(=O)CCCCCCCCC/C=C\CCCCCCCC)OC(=O)CCCCCCCCC/C=C\C/C=C\CCCCC. The summed E-state index contributed by atoms with van der Waals surface area (Å²) in [5, 5.41) is 0. The zero-order valence-electron chi connectivity index (χ0n) is 45.8. The van der Waals surface area contributed by atoms with Gasteiger partial charge in [0.15, 0.2) is 6.10 Å². The van der Waals surface area contributed by atoms with E-state index in [0.717, 1.165) is 83.5 Å². The van der Waals surface area contributed by atoms with Crippen LogP contribution in [-0.4, -0.2) is 37.2 Å². The third-order valence-electron chi connectivity index (χ3n) is 13.0. The van der Waals surface area contributed by atoms with Crippen molar-refractivity contribution in [3.63, 3.8) is 0 Å².